The van der Waals surface area contributed by atoms with E-state index in [-0.39, 0.29) is 6.61 Å². The second kappa shape index (κ2) is 13.2. The molecular formula is C24H40N2O4. The van der Waals surface area contributed by atoms with Gasteiger partial charge in [0.25, 0.3) is 0 Å². The highest BCUT2D eigenvalue weighted by Gasteiger charge is 2.16. The van der Waals surface area contributed by atoms with Crippen LogP contribution in [-0.2, 0) is 11.3 Å². The van der Waals surface area contributed by atoms with Crippen LogP contribution in [0.3, 0.4) is 0 Å². The molecule has 0 bridgehead atoms. The molecule has 2 heterocycles. The number of benzene rings is 1. The first kappa shape index (κ1) is 23.3. The van der Waals surface area contributed by atoms with Crippen LogP contribution in [0.5, 0.6) is 11.5 Å². The Kier molecular flexibility index (Phi) is 10.2. The van der Waals surface area contributed by atoms with Crippen LogP contribution in [0.25, 0.3) is 0 Å². The molecular weight excluding hydrogens is 380 g/mol. The first-order valence-electron chi connectivity index (χ1n) is 11.7. The van der Waals surface area contributed by atoms with Crippen LogP contribution < -0.4 is 14.8 Å². The molecule has 30 heavy (non-hydrogen) atoms. The number of aliphatic hydroxyl groups is 1. The first-order valence-corrected chi connectivity index (χ1v) is 11.7. The van der Waals surface area contributed by atoms with Gasteiger partial charge in [-0.25, -0.2) is 0 Å². The molecule has 2 aliphatic heterocycles. The van der Waals surface area contributed by atoms with Crippen molar-refractivity contribution in [3.8, 4) is 11.5 Å². The monoisotopic (exact) mass is 420 g/mol. The predicted octanol–water partition coefficient (Wildman–Crippen LogP) is 3.22. The maximum absolute atomic E-state index is 10.5. The number of ether oxygens (including phenoxy) is 3. The molecule has 3 rings (SSSR count). The molecule has 170 valence electrons. The molecule has 6 nitrogen and oxygen atoms in total. The van der Waals surface area contributed by atoms with Crippen molar-refractivity contribution in [3.05, 3.63) is 23.8 Å². The molecule has 2 aliphatic rings. The molecule has 0 amide bonds. The molecule has 0 aromatic heterocycles. The van der Waals surface area contributed by atoms with E-state index >= 15 is 0 Å². The third-order valence-electron chi connectivity index (χ3n) is 6.18. The molecule has 6 heteroatoms. The van der Waals surface area contributed by atoms with Crippen LogP contribution >= 0.6 is 0 Å². The summed E-state index contributed by atoms with van der Waals surface area (Å²) in [6, 6.07) is 6.05. The molecule has 2 N–H and O–H groups in total. The molecule has 1 unspecified atom stereocenters. The Labute approximate surface area is 181 Å². The number of methoxy groups -OCH3 is 1. The Morgan fingerprint density at radius 3 is 2.57 bits per heavy atom. The largest absolute Gasteiger partial charge is 0.493 e. The van der Waals surface area contributed by atoms with Crippen LogP contribution in [0.15, 0.2) is 18.2 Å². The summed E-state index contributed by atoms with van der Waals surface area (Å²) in [7, 11) is 1.66. The van der Waals surface area contributed by atoms with Gasteiger partial charge in [-0.05, 0) is 68.9 Å². The zero-order valence-electron chi connectivity index (χ0n) is 18.6. The maximum Gasteiger partial charge on any atom is 0.161 e. The van der Waals surface area contributed by atoms with E-state index in [4.69, 9.17) is 14.2 Å². The van der Waals surface area contributed by atoms with Gasteiger partial charge in [-0.3, -0.25) is 0 Å². The van der Waals surface area contributed by atoms with Gasteiger partial charge in [0.15, 0.2) is 11.5 Å². The van der Waals surface area contributed by atoms with Crippen LogP contribution in [0, 0.1) is 5.92 Å². The van der Waals surface area contributed by atoms with E-state index in [9.17, 15) is 5.11 Å². The number of nitrogens with one attached hydrogen (secondary N) is 1. The number of rotatable bonds is 10. The minimum absolute atomic E-state index is 0.286. The lowest BCUT2D eigenvalue weighted by molar-refractivity contribution is 0.0645. The number of nitrogens with zero attached hydrogens (tertiary/aromatic N) is 1. The van der Waals surface area contributed by atoms with E-state index in [1.54, 1.807) is 7.11 Å². The number of likely N-dealkylation sites (tertiary alicyclic amines) is 1. The zero-order chi connectivity index (χ0) is 21.0. The topological polar surface area (TPSA) is 63.2 Å². The van der Waals surface area contributed by atoms with E-state index in [0.29, 0.717) is 18.2 Å². The normalized spacial score (nSPS) is 20.3. The predicted molar refractivity (Wildman–Crippen MR) is 119 cm³/mol. The quantitative estimate of drug-likeness (QED) is 0.606. The summed E-state index contributed by atoms with van der Waals surface area (Å²) in [4.78, 5) is 2.37. The summed E-state index contributed by atoms with van der Waals surface area (Å²) < 4.78 is 16.9. The van der Waals surface area contributed by atoms with Crippen LogP contribution in [0.2, 0.25) is 0 Å². The average molecular weight is 421 g/mol. The molecule has 1 aromatic carbocycles. The van der Waals surface area contributed by atoms with Gasteiger partial charge in [-0.2, -0.15) is 0 Å². The van der Waals surface area contributed by atoms with Crippen LogP contribution in [0.4, 0.5) is 0 Å². The van der Waals surface area contributed by atoms with E-state index < -0.39 is 6.10 Å². The molecule has 0 radical (unpaired) electrons. The summed E-state index contributed by atoms with van der Waals surface area (Å²) in [5, 5.41) is 14.0. The van der Waals surface area contributed by atoms with Crippen molar-refractivity contribution in [3.63, 3.8) is 0 Å². The van der Waals surface area contributed by atoms with Crippen molar-refractivity contribution >= 4 is 0 Å². The SMILES string of the molecule is COc1cc(CNCC2CCOCC2)ccc1OCC(O)CN1CCCCCCC1. The van der Waals surface area contributed by atoms with Gasteiger partial charge in [0.1, 0.15) is 12.7 Å². The van der Waals surface area contributed by atoms with Gasteiger partial charge >= 0.3 is 0 Å². The third-order valence-corrected chi connectivity index (χ3v) is 6.18. The molecule has 1 aromatic rings. The first-order chi connectivity index (χ1) is 14.7. The summed E-state index contributed by atoms with van der Waals surface area (Å²) in [6.45, 7) is 6.72. The van der Waals surface area contributed by atoms with E-state index in [1.807, 2.05) is 12.1 Å². The van der Waals surface area contributed by atoms with Crippen molar-refractivity contribution in [2.24, 2.45) is 5.92 Å². The molecule has 0 aliphatic carbocycles. The molecule has 2 saturated heterocycles. The van der Waals surface area contributed by atoms with Crippen LogP contribution in [-0.4, -0.2) is 69.2 Å². The van der Waals surface area contributed by atoms with Gasteiger partial charge in [0.05, 0.1) is 7.11 Å². The Morgan fingerprint density at radius 2 is 1.83 bits per heavy atom. The molecule has 2 fully saturated rings. The fourth-order valence-corrected chi connectivity index (χ4v) is 4.34. The fourth-order valence-electron chi connectivity index (χ4n) is 4.34. The number of hydrogen-bond acceptors (Lipinski definition) is 6. The molecule has 0 saturated carbocycles. The van der Waals surface area contributed by atoms with Crippen molar-refractivity contribution < 1.29 is 19.3 Å². The lowest BCUT2D eigenvalue weighted by Gasteiger charge is -2.26. The van der Waals surface area contributed by atoms with Gasteiger partial charge in [-0.1, -0.05) is 25.3 Å². The lowest BCUT2D eigenvalue weighted by Crippen LogP contribution is -2.37. The van der Waals surface area contributed by atoms with E-state index in [0.717, 1.165) is 58.0 Å². The Bertz CT molecular complexity index is 599. The minimum Gasteiger partial charge on any atom is -0.493 e. The fraction of sp³-hybridized carbons (Fsp3) is 0.750. The van der Waals surface area contributed by atoms with Crippen LogP contribution in [0.1, 0.15) is 50.5 Å². The number of β-amino-alcohol motifs (C(OH)–C–C–N with tert-alkyl or cyclic N) is 1. The second-order valence-corrected chi connectivity index (χ2v) is 8.71. The van der Waals surface area contributed by atoms with Gasteiger partial charge in [0, 0.05) is 26.3 Å². The average Bonchev–Trinajstić information content (AvgIpc) is 2.75. The Morgan fingerprint density at radius 1 is 1.10 bits per heavy atom. The van der Waals surface area contributed by atoms with Crippen molar-refractivity contribution in [1.29, 1.82) is 0 Å². The number of hydrogen-bond donors (Lipinski definition) is 2. The van der Waals surface area contributed by atoms with Crippen molar-refractivity contribution in [2.75, 3.05) is 53.1 Å². The smallest absolute Gasteiger partial charge is 0.161 e. The Balaban J connectivity index is 1.42. The Hall–Kier alpha value is -1.34. The lowest BCUT2D eigenvalue weighted by atomic mass is 10.0. The summed E-state index contributed by atoms with van der Waals surface area (Å²) in [5.74, 6) is 2.12. The highest BCUT2D eigenvalue weighted by atomic mass is 16.5. The van der Waals surface area contributed by atoms with Crippen molar-refractivity contribution in [1.82, 2.24) is 10.2 Å². The van der Waals surface area contributed by atoms with Gasteiger partial charge in [-0.15, -0.1) is 0 Å². The highest BCUT2D eigenvalue weighted by molar-refractivity contribution is 5.43. The van der Waals surface area contributed by atoms with Gasteiger partial charge in [0.2, 0.25) is 0 Å². The standard InChI is InChI=1S/C24H40N2O4/c1-28-24-15-21(17-25-16-20-9-13-29-14-10-20)7-8-23(24)30-19-22(27)18-26-11-5-3-2-4-6-12-26/h7-8,15,20,22,25,27H,2-6,9-14,16-19H2,1H3. The number of aliphatic hydroxyl groups excluding tert-OH is 1. The van der Waals surface area contributed by atoms with Gasteiger partial charge < -0.3 is 29.5 Å². The third kappa shape index (κ3) is 8.06. The summed E-state index contributed by atoms with van der Waals surface area (Å²) in [6.07, 6.45) is 8.20. The minimum atomic E-state index is -0.491. The molecule has 0 spiro atoms. The maximum atomic E-state index is 10.5. The summed E-state index contributed by atoms with van der Waals surface area (Å²) in [5.41, 5.74) is 1.17. The summed E-state index contributed by atoms with van der Waals surface area (Å²) >= 11 is 0. The van der Waals surface area contributed by atoms with Crippen molar-refractivity contribution in [2.45, 2.75) is 57.6 Å². The second-order valence-electron chi connectivity index (χ2n) is 8.71. The highest BCUT2D eigenvalue weighted by Crippen LogP contribution is 2.28. The molecule has 1 atom stereocenters. The van der Waals surface area contributed by atoms with E-state index in [1.165, 1.54) is 37.7 Å². The zero-order valence-corrected chi connectivity index (χ0v) is 18.6. The van der Waals surface area contributed by atoms with E-state index in [2.05, 4.69) is 16.3 Å².